The molecule has 0 radical (unpaired) electrons. The molecule has 8 heteroatoms. The smallest absolute Gasteiger partial charge is 0.189 e. The zero-order chi connectivity index (χ0) is 27.2. The first kappa shape index (κ1) is 25.6. The maximum atomic E-state index is 12.4. The molecule has 4 aromatic carbocycles. The van der Waals surface area contributed by atoms with Gasteiger partial charge in [-0.1, -0.05) is 30.4 Å². The van der Waals surface area contributed by atoms with Crippen molar-refractivity contribution in [2.75, 3.05) is 0 Å². The van der Waals surface area contributed by atoms with Crippen LogP contribution in [0.1, 0.15) is 31.8 Å². The van der Waals surface area contributed by atoms with Crippen molar-refractivity contribution < 1.29 is 39.9 Å². The minimum atomic E-state index is -0.471. The van der Waals surface area contributed by atoms with E-state index < -0.39 is 11.6 Å². The van der Waals surface area contributed by atoms with Crippen LogP contribution in [0.4, 0.5) is 0 Å². The second-order valence-electron chi connectivity index (χ2n) is 8.20. The second kappa shape index (κ2) is 11.0. The summed E-state index contributed by atoms with van der Waals surface area (Å²) in [5.74, 6) is -1.42. The van der Waals surface area contributed by atoms with Gasteiger partial charge in [0.1, 0.15) is 28.7 Å². The fourth-order valence-electron chi connectivity index (χ4n) is 3.47. The number of ketones is 2. The molecule has 0 saturated heterocycles. The van der Waals surface area contributed by atoms with Gasteiger partial charge in [-0.2, -0.15) is 0 Å². The van der Waals surface area contributed by atoms with Gasteiger partial charge in [-0.05, 0) is 71.8 Å². The zero-order valence-corrected chi connectivity index (χ0v) is 19.8. The number of carbonyl (C=O) groups excluding carboxylic acids is 2. The lowest BCUT2D eigenvalue weighted by molar-refractivity contribution is 0.103. The van der Waals surface area contributed by atoms with Crippen molar-refractivity contribution in [1.82, 2.24) is 0 Å². The predicted molar refractivity (Wildman–Crippen MR) is 141 cm³/mol. The monoisotopic (exact) mass is 510 g/mol. The number of ether oxygens (including phenoxy) is 1. The number of aromatic hydroxyl groups is 5. The molecule has 4 aromatic rings. The SMILES string of the molecule is O=C(C=Cc1ccc(Oc2cc(C=CC(=O)c3ccc(O)cc3O)ccc2O)cc1)c1ccc(O)cc1O. The molecular formula is C30H22O8. The Morgan fingerprint density at radius 2 is 1.05 bits per heavy atom. The van der Waals surface area contributed by atoms with Crippen molar-refractivity contribution in [2.24, 2.45) is 0 Å². The van der Waals surface area contributed by atoms with Gasteiger partial charge in [-0.15, -0.1) is 0 Å². The van der Waals surface area contributed by atoms with Crippen LogP contribution in [-0.2, 0) is 0 Å². The third-order valence-corrected chi connectivity index (χ3v) is 5.44. The van der Waals surface area contributed by atoms with Crippen molar-refractivity contribution in [3.8, 4) is 40.2 Å². The summed E-state index contributed by atoms with van der Waals surface area (Å²) in [6.07, 6.45) is 5.60. The standard InChI is InChI=1S/C30H22O8/c31-20-6-10-23(28(36)16-20)25(33)12-3-18-1-8-22(9-2-18)38-30-15-19(5-14-27(30)35)4-13-26(34)24-11-7-21(32)17-29(24)37/h1-17,31-32,35-37H. The van der Waals surface area contributed by atoms with Crippen LogP contribution in [0.2, 0.25) is 0 Å². The summed E-state index contributed by atoms with van der Waals surface area (Å²) in [6.45, 7) is 0. The van der Waals surface area contributed by atoms with Gasteiger partial charge in [0.05, 0.1) is 11.1 Å². The fraction of sp³-hybridized carbons (Fsp3) is 0. The van der Waals surface area contributed by atoms with Gasteiger partial charge in [-0.25, -0.2) is 0 Å². The van der Waals surface area contributed by atoms with E-state index in [0.717, 1.165) is 12.1 Å². The highest BCUT2D eigenvalue weighted by Gasteiger charge is 2.11. The van der Waals surface area contributed by atoms with Crippen molar-refractivity contribution >= 4 is 23.7 Å². The maximum absolute atomic E-state index is 12.4. The molecule has 0 aliphatic heterocycles. The molecule has 0 aliphatic rings. The average molecular weight is 510 g/mol. The van der Waals surface area contributed by atoms with E-state index in [2.05, 4.69) is 0 Å². The molecule has 0 unspecified atom stereocenters. The Hall–Kier alpha value is -5.50. The summed E-state index contributed by atoms with van der Waals surface area (Å²) >= 11 is 0. The van der Waals surface area contributed by atoms with E-state index in [9.17, 15) is 35.1 Å². The maximum Gasteiger partial charge on any atom is 0.189 e. The highest BCUT2D eigenvalue weighted by Crippen LogP contribution is 2.32. The van der Waals surface area contributed by atoms with E-state index in [4.69, 9.17) is 4.74 Å². The molecule has 0 aliphatic carbocycles. The number of benzene rings is 4. The second-order valence-corrected chi connectivity index (χ2v) is 8.20. The highest BCUT2D eigenvalue weighted by atomic mass is 16.5. The quantitative estimate of drug-likeness (QED) is 0.148. The molecule has 0 bridgehead atoms. The van der Waals surface area contributed by atoms with Crippen LogP contribution in [0.15, 0.2) is 91.0 Å². The van der Waals surface area contributed by atoms with E-state index >= 15 is 0 Å². The Balaban J connectivity index is 1.43. The summed E-state index contributed by atoms with van der Waals surface area (Å²) in [7, 11) is 0. The Kier molecular flexibility index (Phi) is 7.44. The summed E-state index contributed by atoms with van der Waals surface area (Å²) < 4.78 is 5.77. The number of carbonyl (C=O) groups is 2. The minimum Gasteiger partial charge on any atom is -0.508 e. The minimum absolute atomic E-state index is 0.0324. The number of allylic oxidation sites excluding steroid dienone is 2. The summed E-state index contributed by atoms with van der Waals surface area (Å²) in [5, 5.41) is 48.6. The molecule has 0 atom stereocenters. The van der Waals surface area contributed by atoms with E-state index in [1.165, 1.54) is 54.6 Å². The topological polar surface area (TPSA) is 145 Å². The molecule has 8 nitrogen and oxygen atoms in total. The molecule has 0 saturated carbocycles. The van der Waals surface area contributed by atoms with E-state index in [1.54, 1.807) is 36.4 Å². The van der Waals surface area contributed by atoms with Crippen LogP contribution in [0.5, 0.6) is 40.2 Å². The Bertz CT molecular complexity index is 1570. The lowest BCUT2D eigenvalue weighted by Crippen LogP contribution is -1.94. The summed E-state index contributed by atoms with van der Waals surface area (Å²) in [5.41, 5.74) is 1.33. The fourth-order valence-corrected chi connectivity index (χ4v) is 3.47. The molecule has 0 amide bonds. The third-order valence-electron chi connectivity index (χ3n) is 5.44. The van der Waals surface area contributed by atoms with Gasteiger partial charge in [0, 0.05) is 12.1 Å². The Morgan fingerprint density at radius 1 is 0.553 bits per heavy atom. The number of hydrogen-bond donors (Lipinski definition) is 5. The number of phenolic OH excluding ortho intramolecular Hbond substituents is 5. The van der Waals surface area contributed by atoms with E-state index in [0.29, 0.717) is 16.9 Å². The van der Waals surface area contributed by atoms with Gasteiger partial charge < -0.3 is 30.3 Å². The number of hydrogen-bond acceptors (Lipinski definition) is 8. The summed E-state index contributed by atoms with van der Waals surface area (Å²) in [6, 6.07) is 18.6. The van der Waals surface area contributed by atoms with Crippen LogP contribution >= 0.6 is 0 Å². The van der Waals surface area contributed by atoms with Crippen molar-refractivity contribution in [3.05, 3.63) is 113 Å². The molecular weight excluding hydrogens is 488 g/mol. The molecule has 0 spiro atoms. The first-order valence-electron chi connectivity index (χ1n) is 11.3. The molecule has 4 rings (SSSR count). The van der Waals surface area contributed by atoms with E-state index in [1.807, 2.05) is 0 Å². The normalized spacial score (nSPS) is 11.2. The van der Waals surface area contributed by atoms with Crippen LogP contribution in [0.25, 0.3) is 12.2 Å². The first-order valence-corrected chi connectivity index (χ1v) is 11.3. The molecule has 190 valence electrons. The third kappa shape index (κ3) is 6.19. The van der Waals surface area contributed by atoms with Crippen molar-refractivity contribution in [1.29, 1.82) is 0 Å². The van der Waals surface area contributed by atoms with Crippen LogP contribution in [0.3, 0.4) is 0 Å². The van der Waals surface area contributed by atoms with Crippen molar-refractivity contribution in [2.45, 2.75) is 0 Å². The Labute approximate surface area is 217 Å². The van der Waals surface area contributed by atoms with Crippen LogP contribution in [0, 0.1) is 0 Å². The Morgan fingerprint density at radius 3 is 1.58 bits per heavy atom. The largest absolute Gasteiger partial charge is 0.508 e. The van der Waals surface area contributed by atoms with Crippen molar-refractivity contribution in [3.63, 3.8) is 0 Å². The van der Waals surface area contributed by atoms with Crippen LogP contribution in [-0.4, -0.2) is 37.1 Å². The predicted octanol–water partition coefficient (Wildman–Crippen LogP) is 5.80. The number of rotatable bonds is 8. The van der Waals surface area contributed by atoms with Gasteiger partial charge in [0.25, 0.3) is 0 Å². The molecule has 5 N–H and O–H groups in total. The number of phenols is 5. The highest BCUT2D eigenvalue weighted by molar-refractivity contribution is 6.09. The van der Waals surface area contributed by atoms with Gasteiger partial charge in [0.2, 0.25) is 0 Å². The molecule has 0 fully saturated rings. The first-order chi connectivity index (χ1) is 18.2. The molecule has 0 heterocycles. The molecule has 0 aromatic heterocycles. The summed E-state index contributed by atoms with van der Waals surface area (Å²) in [4.78, 5) is 24.7. The zero-order valence-electron chi connectivity index (χ0n) is 19.8. The molecule has 38 heavy (non-hydrogen) atoms. The average Bonchev–Trinajstić information content (AvgIpc) is 2.88. The lowest BCUT2D eigenvalue weighted by Gasteiger charge is -2.09. The van der Waals surface area contributed by atoms with Gasteiger partial charge in [0.15, 0.2) is 23.1 Å². The van der Waals surface area contributed by atoms with Crippen LogP contribution < -0.4 is 4.74 Å². The van der Waals surface area contributed by atoms with Gasteiger partial charge in [-0.3, -0.25) is 9.59 Å². The lowest BCUT2D eigenvalue weighted by atomic mass is 10.1. The van der Waals surface area contributed by atoms with E-state index in [-0.39, 0.29) is 45.6 Å². The van der Waals surface area contributed by atoms with Gasteiger partial charge >= 0.3 is 0 Å².